The Kier molecular flexibility index (Phi) is 6.69. The van der Waals surface area contributed by atoms with Gasteiger partial charge in [0.2, 0.25) is 0 Å². The zero-order valence-corrected chi connectivity index (χ0v) is 15.7. The normalized spacial score (nSPS) is 10.5. The van der Waals surface area contributed by atoms with E-state index >= 15 is 0 Å². The molecule has 2 rings (SSSR count). The Hall–Kier alpha value is -2.47. The van der Waals surface area contributed by atoms with Crippen LogP contribution in [0, 0.1) is 5.82 Å². The monoisotopic (exact) mass is 376 g/mol. The highest BCUT2D eigenvalue weighted by molar-refractivity contribution is 7.98. The largest absolute Gasteiger partial charge is 0.507 e. The Morgan fingerprint density at radius 3 is 2.58 bits per heavy atom. The summed E-state index contributed by atoms with van der Waals surface area (Å²) in [4.78, 5) is 12.1. The maximum Gasteiger partial charge on any atom is 0.339 e. The van der Waals surface area contributed by atoms with Crippen LogP contribution in [0.3, 0.4) is 0 Å². The molecule has 0 aliphatic heterocycles. The predicted octanol–water partition coefficient (Wildman–Crippen LogP) is 5.04. The molecule has 0 fully saturated rings. The molecule has 0 amide bonds. The molecule has 0 unspecified atom stereocenters. The number of hydrogen-bond donors (Lipinski definition) is 2. The molecule has 4 nitrogen and oxygen atoms in total. The first-order chi connectivity index (χ1) is 12.3. The molecule has 2 aromatic carbocycles. The first-order valence-electron chi connectivity index (χ1n) is 8.00. The lowest BCUT2D eigenvalue weighted by Gasteiger charge is -2.16. The molecule has 6 heteroatoms. The number of thioether (sulfide) groups is 1. The lowest BCUT2D eigenvalue weighted by molar-refractivity contribution is 0.0692. The second kappa shape index (κ2) is 8.76. The second-order valence-corrected chi connectivity index (χ2v) is 6.97. The van der Waals surface area contributed by atoms with Crippen molar-refractivity contribution in [3.8, 4) is 11.5 Å². The Bertz CT molecular complexity index is 842. The van der Waals surface area contributed by atoms with E-state index in [1.807, 2.05) is 19.9 Å². The number of carboxylic acids is 1. The molecule has 0 saturated carbocycles. The first kappa shape index (κ1) is 19.8. The summed E-state index contributed by atoms with van der Waals surface area (Å²) in [5.41, 5.74) is 1.67. The Morgan fingerprint density at radius 2 is 2.00 bits per heavy atom. The summed E-state index contributed by atoms with van der Waals surface area (Å²) in [5, 5.41) is 20.1. The van der Waals surface area contributed by atoms with Crippen LogP contribution in [0.25, 0.3) is 0 Å². The van der Waals surface area contributed by atoms with Gasteiger partial charge in [-0.2, -0.15) is 0 Å². The number of methoxy groups -OCH3 is 1. The molecule has 0 aromatic heterocycles. The molecular weight excluding hydrogens is 355 g/mol. The lowest BCUT2D eigenvalue weighted by Crippen LogP contribution is -2.06. The van der Waals surface area contributed by atoms with Crippen LogP contribution in [0.5, 0.6) is 11.5 Å². The summed E-state index contributed by atoms with van der Waals surface area (Å²) in [7, 11) is 1.47. The molecule has 2 N–H and O–H groups in total. The van der Waals surface area contributed by atoms with Crippen LogP contribution < -0.4 is 4.74 Å². The Balaban J connectivity index is 2.45. The molecule has 26 heavy (non-hydrogen) atoms. The number of aromatic carboxylic acids is 1. The molecule has 138 valence electrons. The molecule has 2 aromatic rings. The molecule has 0 bridgehead atoms. The molecule has 0 aliphatic rings. The van der Waals surface area contributed by atoms with E-state index in [0.717, 1.165) is 5.57 Å². The van der Waals surface area contributed by atoms with Gasteiger partial charge < -0.3 is 14.9 Å². The van der Waals surface area contributed by atoms with Gasteiger partial charge in [0, 0.05) is 16.2 Å². The van der Waals surface area contributed by atoms with Gasteiger partial charge in [-0.25, -0.2) is 9.18 Å². The SMILES string of the molecule is COc1cc(CSc2ccccc2F)c(C(=O)O)c(O)c1CC=C(C)C. The van der Waals surface area contributed by atoms with Crippen LogP contribution in [0.4, 0.5) is 4.39 Å². The average Bonchev–Trinajstić information content (AvgIpc) is 2.59. The van der Waals surface area contributed by atoms with Crippen LogP contribution in [0.1, 0.15) is 35.3 Å². The van der Waals surface area contributed by atoms with Crippen molar-refractivity contribution >= 4 is 17.7 Å². The standard InChI is InChI=1S/C20H21FO4S/c1-12(2)8-9-14-16(25-3)10-13(18(19(14)22)20(23)24)11-26-17-7-5-4-6-15(17)21/h4-8,10,22H,9,11H2,1-3H3,(H,23,24). The van der Waals surface area contributed by atoms with Crippen molar-refractivity contribution in [3.63, 3.8) is 0 Å². The van der Waals surface area contributed by atoms with Crippen molar-refractivity contribution in [2.24, 2.45) is 0 Å². The molecular formula is C20H21FO4S. The summed E-state index contributed by atoms with van der Waals surface area (Å²) in [6, 6.07) is 7.88. The molecule has 0 atom stereocenters. The van der Waals surface area contributed by atoms with E-state index in [2.05, 4.69) is 0 Å². The number of aromatic hydroxyl groups is 1. The van der Waals surface area contributed by atoms with Crippen molar-refractivity contribution in [1.29, 1.82) is 0 Å². The number of ether oxygens (including phenoxy) is 1. The quantitative estimate of drug-likeness (QED) is 0.523. The summed E-state index contributed by atoms with van der Waals surface area (Å²) < 4.78 is 19.1. The Labute approximate surface area is 156 Å². The first-order valence-corrected chi connectivity index (χ1v) is 8.99. The van der Waals surface area contributed by atoms with E-state index in [0.29, 0.717) is 28.2 Å². The van der Waals surface area contributed by atoms with Gasteiger partial charge in [0.15, 0.2) is 0 Å². The average molecular weight is 376 g/mol. The minimum absolute atomic E-state index is 0.174. The zero-order valence-electron chi connectivity index (χ0n) is 14.9. The van der Waals surface area contributed by atoms with E-state index in [1.165, 1.54) is 24.9 Å². The van der Waals surface area contributed by atoms with Gasteiger partial charge in [-0.1, -0.05) is 23.8 Å². The predicted molar refractivity (Wildman–Crippen MR) is 101 cm³/mol. The number of carboxylic acid groups (broad SMARTS) is 1. The Morgan fingerprint density at radius 1 is 1.31 bits per heavy atom. The van der Waals surface area contributed by atoms with Crippen LogP contribution in [0.2, 0.25) is 0 Å². The minimum Gasteiger partial charge on any atom is -0.507 e. The van der Waals surface area contributed by atoms with Crippen LogP contribution in [0.15, 0.2) is 46.9 Å². The third-order valence-electron chi connectivity index (χ3n) is 3.81. The summed E-state index contributed by atoms with van der Waals surface area (Å²) in [5.74, 6) is -1.30. The fourth-order valence-electron chi connectivity index (χ4n) is 2.49. The van der Waals surface area contributed by atoms with Gasteiger partial charge in [-0.05, 0) is 44.0 Å². The van der Waals surface area contributed by atoms with Gasteiger partial charge in [-0.3, -0.25) is 0 Å². The third-order valence-corrected chi connectivity index (χ3v) is 4.91. The highest BCUT2D eigenvalue weighted by Crippen LogP contribution is 2.38. The van der Waals surface area contributed by atoms with Crippen molar-refractivity contribution in [2.45, 2.75) is 30.9 Å². The summed E-state index contributed by atoms with van der Waals surface area (Å²) >= 11 is 1.17. The van der Waals surface area contributed by atoms with Gasteiger partial charge in [-0.15, -0.1) is 11.8 Å². The van der Waals surface area contributed by atoms with E-state index in [9.17, 15) is 19.4 Å². The van der Waals surface area contributed by atoms with Crippen molar-refractivity contribution in [3.05, 3.63) is 64.5 Å². The van der Waals surface area contributed by atoms with Crippen LogP contribution in [-0.4, -0.2) is 23.3 Å². The van der Waals surface area contributed by atoms with E-state index in [1.54, 1.807) is 24.3 Å². The van der Waals surface area contributed by atoms with E-state index in [-0.39, 0.29) is 22.9 Å². The van der Waals surface area contributed by atoms with Gasteiger partial charge in [0.05, 0.1) is 7.11 Å². The molecule has 0 saturated heterocycles. The van der Waals surface area contributed by atoms with Crippen LogP contribution >= 0.6 is 11.8 Å². The lowest BCUT2D eigenvalue weighted by atomic mass is 9.99. The topological polar surface area (TPSA) is 66.8 Å². The summed E-state index contributed by atoms with van der Waals surface area (Å²) in [6.45, 7) is 3.84. The maximum atomic E-state index is 13.8. The highest BCUT2D eigenvalue weighted by Gasteiger charge is 2.22. The molecule has 0 radical (unpaired) electrons. The number of halogens is 1. The highest BCUT2D eigenvalue weighted by atomic mass is 32.2. The number of carbonyl (C=O) groups is 1. The molecule has 0 spiro atoms. The second-order valence-electron chi connectivity index (χ2n) is 5.95. The van der Waals surface area contributed by atoms with Gasteiger partial charge >= 0.3 is 5.97 Å². The van der Waals surface area contributed by atoms with Gasteiger partial charge in [0.1, 0.15) is 22.9 Å². The smallest absolute Gasteiger partial charge is 0.339 e. The third kappa shape index (κ3) is 4.58. The van der Waals surface area contributed by atoms with Crippen LogP contribution in [-0.2, 0) is 12.2 Å². The van der Waals surface area contributed by atoms with Crippen molar-refractivity contribution in [2.75, 3.05) is 7.11 Å². The van der Waals surface area contributed by atoms with Crippen molar-refractivity contribution in [1.82, 2.24) is 0 Å². The van der Waals surface area contributed by atoms with Gasteiger partial charge in [0.25, 0.3) is 0 Å². The van der Waals surface area contributed by atoms with E-state index in [4.69, 9.17) is 4.74 Å². The summed E-state index contributed by atoms with van der Waals surface area (Å²) in [6.07, 6.45) is 2.25. The fraction of sp³-hybridized carbons (Fsp3) is 0.250. The minimum atomic E-state index is -1.23. The number of rotatable bonds is 7. The molecule has 0 heterocycles. The van der Waals surface area contributed by atoms with E-state index < -0.39 is 5.97 Å². The number of hydrogen-bond acceptors (Lipinski definition) is 4. The zero-order chi connectivity index (χ0) is 19.3. The number of allylic oxidation sites excluding steroid dienone is 2. The maximum absolute atomic E-state index is 13.8. The number of benzene rings is 2. The molecule has 0 aliphatic carbocycles. The number of phenols is 1. The van der Waals surface area contributed by atoms with Crippen molar-refractivity contribution < 1.29 is 24.1 Å². The fourth-order valence-corrected chi connectivity index (χ4v) is 3.41.